The molecular formula is C17H15ClF2N2O2. The zero-order chi connectivity index (χ0) is 17.9. The van der Waals surface area contributed by atoms with Gasteiger partial charge in [-0.05, 0) is 43.2 Å². The molecule has 2 rings (SSSR count). The molecule has 0 spiro atoms. The number of carbonyl (C=O) groups excluding carboxylic acids is 2. The Morgan fingerprint density at radius 2 is 1.54 bits per heavy atom. The average Bonchev–Trinajstić information content (AvgIpc) is 2.47. The molecule has 0 aromatic heterocycles. The molecule has 2 aromatic carbocycles. The fourth-order valence-electron chi connectivity index (χ4n) is 2.20. The van der Waals surface area contributed by atoms with Crippen LogP contribution in [0, 0.1) is 25.5 Å². The lowest BCUT2D eigenvalue weighted by atomic mass is 10.1. The average molecular weight is 353 g/mol. The van der Waals surface area contributed by atoms with Gasteiger partial charge in [0.2, 0.25) is 11.8 Å². The number of para-hydroxylation sites is 1. The zero-order valence-electron chi connectivity index (χ0n) is 13.0. The lowest BCUT2D eigenvalue weighted by molar-refractivity contribution is -0.123. The molecule has 4 nitrogen and oxygen atoms in total. The van der Waals surface area contributed by atoms with Crippen molar-refractivity contribution in [1.29, 1.82) is 0 Å². The van der Waals surface area contributed by atoms with Gasteiger partial charge in [0.15, 0.2) is 0 Å². The van der Waals surface area contributed by atoms with Crippen LogP contribution in [0.1, 0.15) is 17.5 Å². The van der Waals surface area contributed by atoms with Crippen molar-refractivity contribution >= 4 is 34.8 Å². The van der Waals surface area contributed by atoms with Gasteiger partial charge < -0.3 is 10.6 Å². The van der Waals surface area contributed by atoms with Crippen LogP contribution < -0.4 is 10.6 Å². The van der Waals surface area contributed by atoms with E-state index in [0.29, 0.717) is 10.7 Å². The number of hydrogen-bond acceptors (Lipinski definition) is 2. The number of nitrogens with one attached hydrogen (secondary N) is 2. The summed E-state index contributed by atoms with van der Waals surface area (Å²) in [6.07, 6.45) is -0.600. The van der Waals surface area contributed by atoms with Crippen molar-refractivity contribution in [3.63, 3.8) is 0 Å². The number of halogens is 3. The van der Waals surface area contributed by atoms with Gasteiger partial charge in [-0.3, -0.25) is 9.59 Å². The molecule has 0 fully saturated rings. The second-order valence-electron chi connectivity index (χ2n) is 5.31. The number of rotatable bonds is 4. The van der Waals surface area contributed by atoms with E-state index in [1.165, 1.54) is 6.07 Å². The standard InChI is InChI=1S/C17H15ClF2N2O2/c1-9-6-10(2)16(11(18)7-9)21-14(23)8-15(24)22-17-12(19)4-3-5-13(17)20/h3-7H,8H2,1-2H3,(H,21,23)(H,22,24). The number of amides is 2. The Bertz CT molecular complexity index is 766. The molecule has 0 radical (unpaired) electrons. The highest BCUT2D eigenvalue weighted by Gasteiger charge is 2.16. The number of hydrogen-bond donors (Lipinski definition) is 2. The Kier molecular flexibility index (Phi) is 5.51. The fourth-order valence-corrected chi connectivity index (χ4v) is 2.57. The molecule has 2 aromatic rings. The lowest BCUT2D eigenvalue weighted by Gasteiger charge is -2.12. The van der Waals surface area contributed by atoms with Crippen LogP contribution in [0.2, 0.25) is 5.02 Å². The van der Waals surface area contributed by atoms with Gasteiger partial charge >= 0.3 is 0 Å². The van der Waals surface area contributed by atoms with E-state index in [4.69, 9.17) is 11.6 Å². The summed E-state index contributed by atoms with van der Waals surface area (Å²) in [5, 5.41) is 4.93. The fraction of sp³-hybridized carbons (Fsp3) is 0.176. The summed E-state index contributed by atoms with van der Waals surface area (Å²) in [4.78, 5) is 23.8. The molecular weight excluding hydrogens is 338 g/mol. The van der Waals surface area contributed by atoms with Crippen molar-refractivity contribution in [2.45, 2.75) is 20.3 Å². The van der Waals surface area contributed by atoms with Gasteiger partial charge in [0.05, 0.1) is 10.7 Å². The summed E-state index contributed by atoms with van der Waals surface area (Å²) in [7, 11) is 0. The van der Waals surface area contributed by atoms with E-state index in [1.54, 1.807) is 13.0 Å². The van der Waals surface area contributed by atoms with Crippen molar-refractivity contribution in [2.75, 3.05) is 10.6 Å². The molecule has 0 saturated carbocycles. The monoisotopic (exact) mass is 352 g/mol. The number of aryl methyl sites for hydroxylation is 2. The predicted molar refractivity (Wildman–Crippen MR) is 89.2 cm³/mol. The second kappa shape index (κ2) is 7.40. The lowest BCUT2D eigenvalue weighted by Crippen LogP contribution is -2.22. The third kappa shape index (κ3) is 4.29. The maximum atomic E-state index is 13.5. The summed E-state index contributed by atoms with van der Waals surface area (Å²) in [5.74, 6) is -3.31. The predicted octanol–water partition coefficient (Wildman–Crippen LogP) is 4.20. The van der Waals surface area contributed by atoms with Crippen LogP contribution in [0.25, 0.3) is 0 Å². The van der Waals surface area contributed by atoms with E-state index in [9.17, 15) is 18.4 Å². The highest BCUT2D eigenvalue weighted by Crippen LogP contribution is 2.27. The molecule has 0 aliphatic rings. The highest BCUT2D eigenvalue weighted by molar-refractivity contribution is 6.34. The minimum atomic E-state index is -0.916. The molecule has 0 bridgehead atoms. The van der Waals surface area contributed by atoms with Crippen LogP contribution in [0.3, 0.4) is 0 Å². The first-order valence-corrected chi connectivity index (χ1v) is 7.46. The quantitative estimate of drug-likeness (QED) is 0.810. The molecule has 126 valence electrons. The van der Waals surface area contributed by atoms with Crippen LogP contribution in [0.4, 0.5) is 20.2 Å². The molecule has 0 aliphatic heterocycles. The van der Waals surface area contributed by atoms with Gasteiger partial charge in [-0.2, -0.15) is 0 Å². The van der Waals surface area contributed by atoms with Gasteiger partial charge in [0, 0.05) is 0 Å². The first-order chi connectivity index (χ1) is 11.3. The normalized spacial score (nSPS) is 10.4. The van der Waals surface area contributed by atoms with Crippen molar-refractivity contribution in [1.82, 2.24) is 0 Å². The molecule has 0 saturated heterocycles. The number of benzene rings is 2. The van der Waals surface area contributed by atoms with Crippen molar-refractivity contribution < 1.29 is 18.4 Å². The Labute approximate surface area is 142 Å². The third-order valence-electron chi connectivity index (χ3n) is 3.24. The maximum Gasteiger partial charge on any atom is 0.233 e. The zero-order valence-corrected chi connectivity index (χ0v) is 13.8. The van der Waals surface area contributed by atoms with Gasteiger partial charge in [-0.25, -0.2) is 8.78 Å². The van der Waals surface area contributed by atoms with Gasteiger partial charge in [0.1, 0.15) is 23.7 Å². The van der Waals surface area contributed by atoms with Crippen LogP contribution in [0.5, 0.6) is 0 Å². The first-order valence-electron chi connectivity index (χ1n) is 7.08. The maximum absolute atomic E-state index is 13.5. The molecule has 0 heterocycles. The van der Waals surface area contributed by atoms with E-state index in [1.807, 2.05) is 13.0 Å². The minimum Gasteiger partial charge on any atom is -0.324 e. The minimum absolute atomic E-state index is 0.349. The molecule has 0 atom stereocenters. The second-order valence-corrected chi connectivity index (χ2v) is 5.72. The number of anilines is 2. The molecule has 2 amide bonds. The van der Waals surface area contributed by atoms with Crippen molar-refractivity contribution in [3.05, 3.63) is 58.1 Å². The molecule has 0 unspecified atom stereocenters. The van der Waals surface area contributed by atoms with Crippen LogP contribution in [-0.2, 0) is 9.59 Å². The SMILES string of the molecule is Cc1cc(C)c(NC(=O)CC(=O)Nc2c(F)cccc2F)c(Cl)c1. The van der Waals surface area contributed by atoms with Crippen molar-refractivity contribution in [3.8, 4) is 0 Å². The van der Waals surface area contributed by atoms with Crippen LogP contribution >= 0.6 is 11.6 Å². The van der Waals surface area contributed by atoms with Crippen LogP contribution in [-0.4, -0.2) is 11.8 Å². The number of carbonyl (C=O) groups is 2. The Morgan fingerprint density at radius 3 is 2.08 bits per heavy atom. The summed E-state index contributed by atoms with van der Waals surface area (Å²) < 4.78 is 26.9. The summed E-state index contributed by atoms with van der Waals surface area (Å²) in [6.45, 7) is 3.63. The van der Waals surface area contributed by atoms with Gasteiger partial charge in [-0.15, -0.1) is 0 Å². The molecule has 0 aliphatic carbocycles. The van der Waals surface area contributed by atoms with Gasteiger partial charge in [0.25, 0.3) is 0 Å². The highest BCUT2D eigenvalue weighted by atomic mass is 35.5. The first kappa shape index (κ1) is 17.9. The third-order valence-corrected chi connectivity index (χ3v) is 3.54. The van der Waals surface area contributed by atoms with E-state index >= 15 is 0 Å². The topological polar surface area (TPSA) is 58.2 Å². The largest absolute Gasteiger partial charge is 0.324 e. The summed E-state index contributed by atoms with van der Waals surface area (Å²) in [6, 6.07) is 6.70. The van der Waals surface area contributed by atoms with E-state index in [-0.39, 0.29) is 0 Å². The molecule has 2 N–H and O–H groups in total. The summed E-state index contributed by atoms with van der Waals surface area (Å²) >= 11 is 6.07. The molecule has 7 heteroatoms. The smallest absolute Gasteiger partial charge is 0.233 e. The Hall–Kier alpha value is -2.47. The van der Waals surface area contributed by atoms with Gasteiger partial charge in [-0.1, -0.05) is 23.7 Å². The molecule has 24 heavy (non-hydrogen) atoms. The van der Waals surface area contributed by atoms with E-state index < -0.39 is 35.6 Å². The Morgan fingerprint density at radius 1 is 1.00 bits per heavy atom. The summed E-state index contributed by atoms with van der Waals surface area (Å²) in [5.41, 5.74) is 1.49. The van der Waals surface area contributed by atoms with Crippen molar-refractivity contribution in [2.24, 2.45) is 0 Å². The Balaban J connectivity index is 2.04. The van der Waals surface area contributed by atoms with E-state index in [2.05, 4.69) is 10.6 Å². The van der Waals surface area contributed by atoms with E-state index in [0.717, 1.165) is 23.3 Å². The van der Waals surface area contributed by atoms with Crippen LogP contribution in [0.15, 0.2) is 30.3 Å².